The van der Waals surface area contributed by atoms with Gasteiger partial charge in [-0.25, -0.2) is 0 Å². The average molecular weight is 389 g/mol. The molecule has 4 aliphatic rings. The van der Waals surface area contributed by atoms with E-state index in [1.165, 1.54) is 8.47 Å². The lowest BCUT2D eigenvalue weighted by Crippen LogP contribution is -2.13. The van der Waals surface area contributed by atoms with E-state index in [1.54, 1.807) is 0 Å². The van der Waals surface area contributed by atoms with Gasteiger partial charge < -0.3 is 0 Å². The van der Waals surface area contributed by atoms with Crippen LogP contribution in [0.1, 0.15) is 0 Å². The molecule has 0 saturated carbocycles. The van der Waals surface area contributed by atoms with Gasteiger partial charge in [0.25, 0.3) is 0 Å². The van der Waals surface area contributed by atoms with Gasteiger partial charge in [0.2, 0.25) is 0 Å². The fourth-order valence-corrected chi connectivity index (χ4v) is 28.7. The van der Waals surface area contributed by atoms with E-state index in [-0.39, 0.29) is 6.82 Å². The smallest absolute Gasteiger partial charge is 0.0907 e. The van der Waals surface area contributed by atoms with Crippen molar-refractivity contribution in [2.24, 2.45) is 0 Å². The fraction of sp³-hybridized carbons (Fsp3) is 0.400. The Morgan fingerprint density at radius 2 is 1.39 bits per heavy atom. The number of thiol groups is 4. The lowest BCUT2D eigenvalue weighted by Gasteiger charge is -2.49. The third-order valence-corrected chi connectivity index (χ3v) is 26.3. The summed E-state index contributed by atoms with van der Waals surface area (Å²) in [5.74, 6) is 2.05. The van der Waals surface area contributed by atoms with Crippen LogP contribution in [-0.4, -0.2) is 18.3 Å². The Kier molecular flexibility index (Phi) is 2.42. The van der Waals surface area contributed by atoms with Crippen molar-refractivity contribution >= 4 is 94.1 Å². The van der Waals surface area contributed by atoms with Gasteiger partial charge in [0.1, 0.15) is 0 Å². The molecule has 0 atom stereocenters. The van der Waals surface area contributed by atoms with Crippen LogP contribution in [0.25, 0.3) is 0 Å². The standard InChI is InChI=1S/C10H12S8/c11-9(12)5-18(9,6-10(18,13)14)4-3-17-8(18)7-15-1-2-16-7/h1-4,11-14H,5-6H2. The lowest BCUT2D eigenvalue weighted by molar-refractivity contribution is 1.55. The van der Waals surface area contributed by atoms with Crippen molar-refractivity contribution < 1.29 is 0 Å². The summed E-state index contributed by atoms with van der Waals surface area (Å²) in [4.78, 5) is 0. The molecular weight excluding hydrogens is 377 g/mol. The Hall–Kier alpha value is 2.02. The maximum atomic E-state index is 4.89. The summed E-state index contributed by atoms with van der Waals surface area (Å²) >= 11 is 25.1. The zero-order chi connectivity index (χ0) is 12.9. The zero-order valence-corrected chi connectivity index (χ0v) is 16.0. The summed E-state index contributed by atoms with van der Waals surface area (Å²) in [6, 6.07) is 0. The summed E-state index contributed by atoms with van der Waals surface area (Å²) in [5.41, 5.74) is 0. The fourth-order valence-electron chi connectivity index (χ4n) is 3.33. The molecule has 4 aliphatic heterocycles. The Labute approximate surface area is 141 Å². The Bertz CT molecular complexity index is 561. The summed E-state index contributed by atoms with van der Waals surface area (Å²) < 4.78 is 2.39. The summed E-state index contributed by atoms with van der Waals surface area (Å²) in [7, 11) is -2.60. The molecule has 4 heterocycles. The highest BCUT2D eigenvalue weighted by Crippen LogP contribution is 3.32. The van der Waals surface area contributed by atoms with Crippen molar-refractivity contribution in [1.29, 1.82) is 0 Å². The van der Waals surface area contributed by atoms with Gasteiger partial charge in [0.05, 0.1) is 11.1 Å². The van der Waals surface area contributed by atoms with Crippen LogP contribution in [-0.2, 0) is 0 Å². The van der Waals surface area contributed by atoms with Crippen LogP contribution in [0.15, 0.2) is 30.1 Å². The van der Waals surface area contributed by atoms with E-state index in [4.69, 9.17) is 50.5 Å². The molecule has 2 fully saturated rings. The van der Waals surface area contributed by atoms with Crippen LogP contribution >= 0.6 is 94.1 Å². The molecule has 0 N–H and O–H groups in total. The van der Waals surface area contributed by atoms with E-state index in [0.29, 0.717) is 0 Å². The van der Waals surface area contributed by atoms with Crippen LogP contribution in [0.2, 0.25) is 0 Å². The van der Waals surface area contributed by atoms with E-state index < -0.39 is 8.29 Å². The highest BCUT2D eigenvalue weighted by molar-refractivity contribution is 8.94. The molecule has 0 amide bonds. The monoisotopic (exact) mass is 388 g/mol. The molecule has 18 heavy (non-hydrogen) atoms. The molecule has 0 aromatic carbocycles. The third-order valence-electron chi connectivity index (χ3n) is 4.71. The van der Waals surface area contributed by atoms with Gasteiger partial charge in [-0.05, 0) is 21.6 Å². The molecule has 0 unspecified atom stereocenters. The maximum absolute atomic E-state index is 4.89. The highest BCUT2D eigenvalue weighted by atomic mass is 32.4. The number of hydrogen-bond donors (Lipinski definition) is 4. The van der Waals surface area contributed by atoms with Crippen molar-refractivity contribution in [2.45, 2.75) is 6.82 Å². The van der Waals surface area contributed by atoms with Gasteiger partial charge in [0.15, 0.2) is 0 Å². The van der Waals surface area contributed by atoms with Gasteiger partial charge in [-0.3, -0.25) is 0 Å². The minimum atomic E-state index is -2.60. The third kappa shape index (κ3) is 0.953. The molecule has 0 aliphatic carbocycles. The van der Waals surface area contributed by atoms with Crippen LogP contribution in [0, 0.1) is 0 Å². The topological polar surface area (TPSA) is 0 Å². The van der Waals surface area contributed by atoms with Crippen LogP contribution in [0.5, 0.6) is 0 Å². The molecule has 4 rings (SSSR count). The molecule has 0 radical (unpaired) electrons. The van der Waals surface area contributed by atoms with E-state index in [0.717, 1.165) is 11.5 Å². The first kappa shape index (κ1) is 13.7. The van der Waals surface area contributed by atoms with Crippen molar-refractivity contribution in [1.82, 2.24) is 0 Å². The molecule has 100 valence electrons. The second kappa shape index (κ2) is 3.19. The second-order valence-electron chi connectivity index (χ2n) is 5.31. The van der Waals surface area contributed by atoms with E-state index in [1.807, 2.05) is 35.3 Å². The molecule has 1 spiro atoms. The average Bonchev–Trinajstić information content (AvgIpc) is 2.77. The molecule has 0 aromatic rings. The van der Waals surface area contributed by atoms with E-state index >= 15 is 0 Å². The predicted octanol–water partition coefficient (Wildman–Crippen LogP) is 5.21. The van der Waals surface area contributed by atoms with E-state index in [9.17, 15) is 0 Å². The minimum Gasteiger partial charge on any atom is -0.185 e. The molecular formula is C10H12S8. The maximum Gasteiger partial charge on any atom is 0.0907 e. The lowest BCUT2D eigenvalue weighted by atomic mass is 11.0. The number of rotatable bonds is 0. The normalized spacial score (nSPS) is 41.6. The Balaban J connectivity index is 2.04. The van der Waals surface area contributed by atoms with Crippen molar-refractivity contribution in [2.75, 3.05) is 11.5 Å². The Morgan fingerprint density at radius 1 is 0.889 bits per heavy atom. The number of hydrogen-bond acceptors (Lipinski definition) is 7. The van der Waals surface area contributed by atoms with E-state index in [2.05, 4.69) is 21.6 Å². The summed E-state index contributed by atoms with van der Waals surface area (Å²) in [5, 5.41) is 8.94. The number of thioether (sulfide) groups is 3. The first-order valence-corrected chi connectivity index (χ1v) is 12.5. The van der Waals surface area contributed by atoms with Crippen LogP contribution in [0.4, 0.5) is 0 Å². The molecule has 0 bridgehead atoms. The quantitative estimate of drug-likeness (QED) is 0.256. The van der Waals surface area contributed by atoms with Crippen molar-refractivity contribution in [3.63, 3.8) is 0 Å². The SMILES string of the molecule is SC1(S)CS123(C=CSC2=C1SC=CS1)CC3(S)S. The van der Waals surface area contributed by atoms with Gasteiger partial charge in [-0.15, -0.1) is 0 Å². The van der Waals surface area contributed by atoms with Crippen molar-refractivity contribution in [3.8, 4) is 0 Å². The Morgan fingerprint density at radius 3 is 1.83 bits per heavy atom. The molecule has 2 saturated heterocycles. The van der Waals surface area contributed by atoms with Crippen molar-refractivity contribution in [3.05, 3.63) is 30.1 Å². The summed E-state index contributed by atoms with van der Waals surface area (Å²) in [6.07, 6.45) is 0. The summed E-state index contributed by atoms with van der Waals surface area (Å²) in [6.45, 7) is 0. The predicted molar refractivity (Wildman–Crippen MR) is 107 cm³/mol. The molecule has 8 heteroatoms. The van der Waals surface area contributed by atoms with Crippen LogP contribution < -0.4 is 0 Å². The first-order valence-electron chi connectivity index (χ1n) is 5.26. The highest BCUT2D eigenvalue weighted by Gasteiger charge is 3.04. The largest absolute Gasteiger partial charge is 0.185 e. The first-order chi connectivity index (χ1) is 8.28. The molecule has 0 nitrogen and oxygen atoms in total. The van der Waals surface area contributed by atoms with Gasteiger partial charge in [0, 0.05) is 15.7 Å². The second-order valence-corrected chi connectivity index (χ2v) is 20.3. The van der Waals surface area contributed by atoms with Gasteiger partial charge in [-0.2, -0.15) is 58.8 Å². The minimum absolute atomic E-state index is 0.241. The van der Waals surface area contributed by atoms with Gasteiger partial charge >= 0.3 is 0 Å². The zero-order valence-electron chi connectivity index (χ0n) is 9.15. The molecule has 0 aromatic heterocycles. The van der Waals surface area contributed by atoms with Gasteiger partial charge in [-0.1, -0.05) is 35.3 Å². The van der Waals surface area contributed by atoms with Crippen LogP contribution in [0.3, 0.4) is 0 Å².